The fourth-order valence-corrected chi connectivity index (χ4v) is 1.82. The molecule has 0 saturated heterocycles. The van der Waals surface area contributed by atoms with Crippen molar-refractivity contribution in [2.24, 2.45) is 0 Å². The number of carboxylic acid groups (broad SMARTS) is 1. The number of amides is 2. The molecule has 0 rings (SSSR count). The number of urea groups is 1. The van der Waals surface area contributed by atoms with E-state index in [1.807, 2.05) is 13.8 Å². The minimum Gasteiger partial charge on any atom is -0.481 e. The molecule has 5 nitrogen and oxygen atoms in total. The molecule has 2 amide bonds. The van der Waals surface area contributed by atoms with Gasteiger partial charge in [0.05, 0.1) is 0 Å². The molecule has 3 N–H and O–H groups in total. The Labute approximate surface area is 109 Å². The summed E-state index contributed by atoms with van der Waals surface area (Å²) in [5.41, 5.74) is -0.178. The molecule has 0 spiro atoms. The molecule has 0 atom stereocenters. The standard InChI is InChI=1S/C13H26N2O3/c1-4-9-13(2,3)15-12(18)14-10-7-5-6-8-11(16)17/h4-10H2,1-3H3,(H,16,17)(H2,14,15,18). The van der Waals surface area contributed by atoms with Crippen molar-refractivity contribution in [2.75, 3.05) is 6.54 Å². The molecule has 0 aromatic rings. The first kappa shape index (κ1) is 16.7. The molecule has 0 aromatic heterocycles. The van der Waals surface area contributed by atoms with E-state index in [0.717, 1.165) is 25.7 Å². The van der Waals surface area contributed by atoms with Crippen LogP contribution in [0.4, 0.5) is 4.79 Å². The first-order valence-electron chi connectivity index (χ1n) is 6.65. The first-order valence-corrected chi connectivity index (χ1v) is 6.65. The van der Waals surface area contributed by atoms with Crippen LogP contribution in [-0.4, -0.2) is 29.2 Å². The molecule has 0 radical (unpaired) electrons. The lowest BCUT2D eigenvalue weighted by Gasteiger charge is -2.25. The van der Waals surface area contributed by atoms with Crippen LogP contribution in [0.5, 0.6) is 0 Å². The largest absolute Gasteiger partial charge is 0.481 e. The van der Waals surface area contributed by atoms with E-state index in [9.17, 15) is 9.59 Å². The number of aliphatic carboxylic acids is 1. The van der Waals surface area contributed by atoms with Crippen LogP contribution in [0.1, 0.15) is 59.3 Å². The van der Waals surface area contributed by atoms with Crippen molar-refractivity contribution in [3.63, 3.8) is 0 Å². The molecular weight excluding hydrogens is 232 g/mol. The van der Waals surface area contributed by atoms with Crippen LogP contribution in [0.3, 0.4) is 0 Å². The molecule has 0 aliphatic carbocycles. The van der Waals surface area contributed by atoms with E-state index >= 15 is 0 Å². The van der Waals surface area contributed by atoms with E-state index in [1.54, 1.807) is 0 Å². The van der Waals surface area contributed by atoms with E-state index in [0.29, 0.717) is 13.0 Å². The molecule has 0 bridgehead atoms. The molecule has 0 aliphatic heterocycles. The highest BCUT2D eigenvalue weighted by Gasteiger charge is 2.18. The maximum atomic E-state index is 11.6. The smallest absolute Gasteiger partial charge is 0.315 e. The highest BCUT2D eigenvalue weighted by Crippen LogP contribution is 2.10. The van der Waals surface area contributed by atoms with Gasteiger partial charge in [-0.1, -0.05) is 19.8 Å². The Morgan fingerprint density at radius 1 is 1.17 bits per heavy atom. The second kappa shape index (κ2) is 8.78. The minimum absolute atomic E-state index is 0.147. The van der Waals surface area contributed by atoms with Gasteiger partial charge < -0.3 is 15.7 Å². The molecule has 0 saturated carbocycles. The zero-order valence-electron chi connectivity index (χ0n) is 11.7. The fraction of sp³-hybridized carbons (Fsp3) is 0.846. The second-order valence-corrected chi connectivity index (χ2v) is 5.22. The van der Waals surface area contributed by atoms with E-state index in [1.165, 1.54) is 0 Å². The molecule has 106 valence electrons. The molecule has 0 aliphatic rings. The summed E-state index contributed by atoms with van der Waals surface area (Å²) in [6.45, 7) is 6.68. The third-order valence-electron chi connectivity index (χ3n) is 2.68. The number of unbranched alkanes of at least 4 members (excludes halogenated alkanes) is 2. The van der Waals surface area contributed by atoms with Gasteiger partial charge in [0.25, 0.3) is 0 Å². The summed E-state index contributed by atoms with van der Waals surface area (Å²) in [6.07, 6.45) is 4.48. The van der Waals surface area contributed by atoms with Crippen LogP contribution in [0.2, 0.25) is 0 Å². The van der Waals surface area contributed by atoms with Gasteiger partial charge in [0, 0.05) is 18.5 Å². The van der Waals surface area contributed by atoms with Gasteiger partial charge in [-0.25, -0.2) is 4.79 Å². The molecular formula is C13H26N2O3. The van der Waals surface area contributed by atoms with Crippen LogP contribution in [0, 0.1) is 0 Å². The Morgan fingerprint density at radius 2 is 1.83 bits per heavy atom. The van der Waals surface area contributed by atoms with Crippen molar-refractivity contribution in [1.82, 2.24) is 10.6 Å². The highest BCUT2D eigenvalue weighted by atomic mass is 16.4. The number of carboxylic acids is 1. The highest BCUT2D eigenvalue weighted by molar-refractivity contribution is 5.74. The minimum atomic E-state index is -0.762. The number of carbonyl (C=O) groups excluding carboxylic acids is 1. The topological polar surface area (TPSA) is 78.4 Å². The Morgan fingerprint density at radius 3 is 2.39 bits per heavy atom. The lowest BCUT2D eigenvalue weighted by atomic mass is 9.99. The zero-order valence-corrected chi connectivity index (χ0v) is 11.7. The van der Waals surface area contributed by atoms with Gasteiger partial charge in [0.2, 0.25) is 0 Å². The third kappa shape index (κ3) is 9.93. The maximum Gasteiger partial charge on any atom is 0.315 e. The summed E-state index contributed by atoms with van der Waals surface area (Å²) in [5.74, 6) is -0.762. The summed E-state index contributed by atoms with van der Waals surface area (Å²) in [6, 6.07) is -0.147. The number of nitrogens with one attached hydrogen (secondary N) is 2. The van der Waals surface area contributed by atoms with Crippen molar-refractivity contribution in [2.45, 2.75) is 64.8 Å². The first-order chi connectivity index (χ1) is 8.37. The van der Waals surface area contributed by atoms with Gasteiger partial charge in [0.15, 0.2) is 0 Å². The molecule has 0 fully saturated rings. The van der Waals surface area contributed by atoms with Crippen LogP contribution in [-0.2, 0) is 4.79 Å². The van der Waals surface area contributed by atoms with Gasteiger partial charge in [-0.15, -0.1) is 0 Å². The van der Waals surface area contributed by atoms with E-state index < -0.39 is 5.97 Å². The van der Waals surface area contributed by atoms with Gasteiger partial charge in [0.1, 0.15) is 0 Å². The Kier molecular flexibility index (Phi) is 8.16. The van der Waals surface area contributed by atoms with Gasteiger partial charge in [-0.05, 0) is 33.1 Å². The summed E-state index contributed by atoms with van der Waals surface area (Å²) in [7, 11) is 0. The van der Waals surface area contributed by atoms with Gasteiger partial charge >= 0.3 is 12.0 Å². The predicted molar refractivity (Wildman–Crippen MR) is 71.6 cm³/mol. The third-order valence-corrected chi connectivity index (χ3v) is 2.68. The summed E-state index contributed by atoms with van der Waals surface area (Å²) in [4.78, 5) is 21.8. The second-order valence-electron chi connectivity index (χ2n) is 5.22. The number of hydrogen-bond donors (Lipinski definition) is 3. The van der Waals surface area contributed by atoms with Crippen molar-refractivity contribution in [3.05, 3.63) is 0 Å². The predicted octanol–water partition coefficient (Wildman–Crippen LogP) is 2.51. The van der Waals surface area contributed by atoms with Crippen LogP contribution in [0.25, 0.3) is 0 Å². The average molecular weight is 258 g/mol. The fourth-order valence-electron chi connectivity index (χ4n) is 1.82. The molecule has 18 heavy (non-hydrogen) atoms. The van der Waals surface area contributed by atoms with E-state index in [2.05, 4.69) is 17.6 Å². The molecule has 0 aromatic carbocycles. The maximum absolute atomic E-state index is 11.6. The summed E-state index contributed by atoms with van der Waals surface area (Å²) >= 11 is 0. The quantitative estimate of drug-likeness (QED) is 0.556. The van der Waals surface area contributed by atoms with Crippen molar-refractivity contribution < 1.29 is 14.7 Å². The molecule has 0 heterocycles. The summed E-state index contributed by atoms with van der Waals surface area (Å²) in [5, 5.41) is 14.2. The number of carbonyl (C=O) groups is 2. The van der Waals surface area contributed by atoms with Crippen molar-refractivity contribution >= 4 is 12.0 Å². The Bertz CT molecular complexity index is 265. The Balaban J connectivity index is 3.56. The van der Waals surface area contributed by atoms with Gasteiger partial charge in [-0.2, -0.15) is 0 Å². The monoisotopic (exact) mass is 258 g/mol. The van der Waals surface area contributed by atoms with E-state index in [-0.39, 0.29) is 18.0 Å². The van der Waals surface area contributed by atoms with Crippen LogP contribution < -0.4 is 10.6 Å². The number of hydrogen-bond acceptors (Lipinski definition) is 2. The zero-order chi connectivity index (χ0) is 14.0. The van der Waals surface area contributed by atoms with Gasteiger partial charge in [-0.3, -0.25) is 4.79 Å². The van der Waals surface area contributed by atoms with Crippen LogP contribution in [0.15, 0.2) is 0 Å². The van der Waals surface area contributed by atoms with Crippen molar-refractivity contribution in [3.8, 4) is 0 Å². The van der Waals surface area contributed by atoms with E-state index in [4.69, 9.17) is 5.11 Å². The Hall–Kier alpha value is -1.26. The average Bonchev–Trinajstić information content (AvgIpc) is 2.21. The molecule has 5 heteroatoms. The normalized spacial score (nSPS) is 11.1. The molecule has 0 unspecified atom stereocenters. The van der Waals surface area contributed by atoms with Crippen molar-refractivity contribution in [1.29, 1.82) is 0 Å². The lowest BCUT2D eigenvalue weighted by Crippen LogP contribution is -2.48. The SMILES string of the molecule is CCCC(C)(C)NC(=O)NCCCCCC(=O)O. The van der Waals surface area contributed by atoms with Crippen LogP contribution >= 0.6 is 0 Å². The lowest BCUT2D eigenvalue weighted by molar-refractivity contribution is -0.137. The summed E-state index contributed by atoms with van der Waals surface area (Å²) < 4.78 is 0. The number of rotatable bonds is 9.